The van der Waals surface area contributed by atoms with Crippen LogP contribution in [-0.4, -0.2) is 40.2 Å². The van der Waals surface area contributed by atoms with Crippen molar-refractivity contribution in [1.29, 1.82) is 0 Å². The lowest BCUT2D eigenvalue weighted by molar-refractivity contribution is -0.132. The van der Waals surface area contributed by atoms with Crippen molar-refractivity contribution in [2.24, 2.45) is 17.8 Å². The van der Waals surface area contributed by atoms with Gasteiger partial charge in [0.15, 0.2) is 0 Å². The first kappa shape index (κ1) is 20.1. The first-order chi connectivity index (χ1) is 14.4. The minimum Gasteiger partial charge on any atom is -0.497 e. The molecule has 0 spiro atoms. The van der Waals surface area contributed by atoms with Crippen LogP contribution in [0.1, 0.15) is 44.1 Å². The van der Waals surface area contributed by atoms with E-state index >= 15 is 0 Å². The van der Waals surface area contributed by atoms with Crippen molar-refractivity contribution < 1.29 is 14.3 Å². The molecular weight excluding hydrogens is 416 g/mol. The molecule has 4 aliphatic carbocycles. The normalized spacial score (nSPS) is 33.4. The lowest BCUT2D eigenvalue weighted by Crippen LogP contribution is -2.61. The molecule has 1 saturated heterocycles. The Kier molecular flexibility index (Phi) is 5.14. The van der Waals surface area contributed by atoms with Gasteiger partial charge in [0, 0.05) is 5.54 Å². The number of methoxy groups -OCH3 is 1. The van der Waals surface area contributed by atoms with Gasteiger partial charge in [0.25, 0.3) is 5.91 Å². The van der Waals surface area contributed by atoms with Gasteiger partial charge in [-0.2, -0.15) is 0 Å². The van der Waals surface area contributed by atoms with Crippen LogP contribution in [0.15, 0.2) is 29.2 Å². The molecule has 5 aliphatic rings. The molecule has 5 nitrogen and oxygen atoms in total. The summed E-state index contributed by atoms with van der Waals surface area (Å²) in [6, 6.07) is 7.49. The number of hydrogen-bond donors (Lipinski definition) is 1. The average molecular weight is 443 g/mol. The predicted molar refractivity (Wildman–Crippen MR) is 122 cm³/mol. The highest BCUT2D eigenvalue weighted by Gasteiger charge is 2.51. The smallest absolute Gasteiger partial charge is 0.266 e. The Bertz CT molecular complexity index is 890. The third-order valence-corrected chi connectivity index (χ3v) is 8.41. The molecule has 6 rings (SSSR count). The van der Waals surface area contributed by atoms with Gasteiger partial charge >= 0.3 is 0 Å². The highest BCUT2D eigenvalue weighted by atomic mass is 32.2. The molecule has 5 fully saturated rings. The number of ether oxygens (including phenoxy) is 1. The van der Waals surface area contributed by atoms with Crippen molar-refractivity contribution in [3.05, 3.63) is 34.7 Å². The highest BCUT2D eigenvalue weighted by Crippen LogP contribution is 2.55. The van der Waals surface area contributed by atoms with Crippen LogP contribution in [-0.2, 0) is 9.59 Å². The Hall–Kier alpha value is -1.86. The maximum Gasteiger partial charge on any atom is 0.266 e. The molecule has 0 atom stereocenters. The molecule has 4 bridgehead atoms. The van der Waals surface area contributed by atoms with Crippen LogP contribution in [0.4, 0.5) is 0 Å². The summed E-state index contributed by atoms with van der Waals surface area (Å²) in [5.74, 6) is 2.78. The van der Waals surface area contributed by atoms with Gasteiger partial charge in [-0.15, -0.1) is 0 Å². The van der Waals surface area contributed by atoms with Gasteiger partial charge in [0.05, 0.1) is 12.0 Å². The Balaban J connectivity index is 1.25. The fourth-order valence-corrected chi connectivity index (χ4v) is 7.49. The Labute approximate surface area is 186 Å². The summed E-state index contributed by atoms with van der Waals surface area (Å²) in [5, 5.41) is 3.33. The molecular formula is C23H26N2O3S2. The summed E-state index contributed by atoms with van der Waals surface area (Å²) in [4.78, 5) is 27.8. The number of thioether (sulfide) groups is 1. The number of thiocarbonyl (C=S) groups is 1. The minimum atomic E-state index is -0.193. The van der Waals surface area contributed by atoms with Crippen molar-refractivity contribution in [3.8, 4) is 5.75 Å². The zero-order chi connectivity index (χ0) is 20.9. The maximum atomic E-state index is 12.9. The van der Waals surface area contributed by atoms with Crippen LogP contribution in [0, 0.1) is 17.8 Å². The standard InChI is InChI=1S/C23H26N2O3S2/c1-28-18-4-2-14(3-5-18)9-19-21(27)25(22(29)30-19)13-20(26)24-23-10-15-6-16(11-23)8-17(7-15)12-23/h2-5,9,15-17H,6-8,10-13H2,1H3,(H,24,26)/b19-9+. The van der Waals surface area contributed by atoms with Crippen molar-refractivity contribution in [3.63, 3.8) is 0 Å². The second kappa shape index (κ2) is 7.68. The number of nitrogens with one attached hydrogen (secondary N) is 1. The number of nitrogens with zero attached hydrogens (tertiary/aromatic N) is 1. The second-order valence-corrected chi connectivity index (χ2v) is 11.0. The summed E-state index contributed by atoms with van der Waals surface area (Å²) >= 11 is 6.67. The monoisotopic (exact) mass is 442 g/mol. The van der Waals surface area contributed by atoms with Crippen LogP contribution < -0.4 is 10.1 Å². The molecule has 0 unspecified atom stereocenters. The van der Waals surface area contributed by atoms with Gasteiger partial charge in [0.1, 0.15) is 16.6 Å². The van der Waals surface area contributed by atoms with Crippen molar-refractivity contribution in [2.75, 3.05) is 13.7 Å². The summed E-state index contributed by atoms with van der Waals surface area (Å²) in [6.45, 7) is 0.00632. The molecule has 2 amide bonds. The van der Waals surface area contributed by atoms with E-state index in [1.165, 1.54) is 35.9 Å². The predicted octanol–water partition coefficient (Wildman–Crippen LogP) is 3.98. The van der Waals surface area contributed by atoms with Crippen LogP contribution in [0.3, 0.4) is 0 Å². The number of hydrogen-bond acceptors (Lipinski definition) is 5. The third-order valence-electron chi connectivity index (χ3n) is 7.03. The van der Waals surface area contributed by atoms with Crippen LogP contribution in [0.5, 0.6) is 5.75 Å². The molecule has 1 heterocycles. The SMILES string of the molecule is COc1ccc(/C=C2/SC(=S)N(CC(=O)NC34CC5CC(CC(C5)C3)C4)C2=O)cc1. The van der Waals surface area contributed by atoms with Crippen molar-refractivity contribution in [1.82, 2.24) is 10.2 Å². The van der Waals surface area contributed by atoms with E-state index < -0.39 is 0 Å². The molecule has 1 aromatic carbocycles. The number of amides is 2. The molecule has 0 radical (unpaired) electrons. The third kappa shape index (κ3) is 3.78. The van der Waals surface area contributed by atoms with Gasteiger partial charge in [0.2, 0.25) is 5.91 Å². The van der Waals surface area contributed by atoms with E-state index in [1.54, 1.807) is 7.11 Å². The first-order valence-corrected chi connectivity index (χ1v) is 11.9. The number of carbonyl (C=O) groups is 2. The number of benzene rings is 1. The van der Waals surface area contributed by atoms with E-state index in [0.717, 1.165) is 48.3 Å². The summed E-state index contributed by atoms with van der Waals surface area (Å²) < 4.78 is 5.62. The van der Waals surface area contributed by atoms with Gasteiger partial charge in [-0.1, -0.05) is 36.1 Å². The van der Waals surface area contributed by atoms with E-state index in [0.29, 0.717) is 9.23 Å². The maximum absolute atomic E-state index is 12.9. The van der Waals surface area contributed by atoms with E-state index in [4.69, 9.17) is 17.0 Å². The molecule has 1 aliphatic heterocycles. The van der Waals surface area contributed by atoms with E-state index in [2.05, 4.69) is 5.32 Å². The molecule has 7 heteroatoms. The van der Waals surface area contributed by atoms with Gasteiger partial charge < -0.3 is 10.1 Å². The molecule has 0 aromatic heterocycles. The zero-order valence-corrected chi connectivity index (χ0v) is 18.7. The van der Waals surface area contributed by atoms with E-state index in [9.17, 15) is 9.59 Å². The van der Waals surface area contributed by atoms with Gasteiger partial charge in [-0.3, -0.25) is 14.5 Å². The van der Waals surface area contributed by atoms with Crippen molar-refractivity contribution in [2.45, 2.75) is 44.1 Å². The van der Waals surface area contributed by atoms with E-state index in [1.807, 2.05) is 30.3 Å². The lowest BCUT2D eigenvalue weighted by atomic mass is 9.53. The summed E-state index contributed by atoms with van der Waals surface area (Å²) in [5.41, 5.74) is 0.847. The van der Waals surface area contributed by atoms with Crippen LogP contribution in [0.25, 0.3) is 6.08 Å². The number of rotatable bonds is 5. The fraction of sp³-hybridized carbons (Fsp3) is 0.522. The molecule has 1 N–H and O–H groups in total. The summed E-state index contributed by atoms with van der Waals surface area (Å²) in [7, 11) is 1.62. The topological polar surface area (TPSA) is 58.6 Å². The fourth-order valence-electron chi connectivity index (χ4n) is 6.23. The highest BCUT2D eigenvalue weighted by molar-refractivity contribution is 8.26. The van der Waals surface area contributed by atoms with Crippen LogP contribution >= 0.6 is 24.0 Å². The van der Waals surface area contributed by atoms with E-state index in [-0.39, 0.29) is 23.9 Å². The van der Waals surface area contributed by atoms with Gasteiger partial charge in [-0.25, -0.2) is 0 Å². The number of carbonyl (C=O) groups excluding carboxylic acids is 2. The summed E-state index contributed by atoms with van der Waals surface area (Å²) in [6.07, 6.45) is 9.11. The Morgan fingerprint density at radius 2 is 1.80 bits per heavy atom. The average Bonchev–Trinajstić information content (AvgIpc) is 2.94. The molecule has 158 valence electrons. The minimum absolute atomic E-state index is 0.00632. The Morgan fingerprint density at radius 3 is 2.37 bits per heavy atom. The van der Waals surface area contributed by atoms with Gasteiger partial charge in [-0.05, 0) is 80.1 Å². The van der Waals surface area contributed by atoms with Crippen molar-refractivity contribution >= 4 is 46.2 Å². The molecule has 4 saturated carbocycles. The zero-order valence-electron chi connectivity index (χ0n) is 17.1. The first-order valence-electron chi connectivity index (χ1n) is 10.6. The molecule has 1 aromatic rings. The lowest BCUT2D eigenvalue weighted by Gasteiger charge is -2.57. The molecule has 30 heavy (non-hydrogen) atoms. The second-order valence-electron chi connectivity index (χ2n) is 9.29. The Morgan fingerprint density at radius 1 is 1.20 bits per heavy atom. The quantitative estimate of drug-likeness (QED) is 0.552. The largest absolute Gasteiger partial charge is 0.497 e. The van der Waals surface area contributed by atoms with Crippen LogP contribution in [0.2, 0.25) is 0 Å².